The molecule has 1 aliphatic heterocycles. The molecule has 1 heterocycles. The van der Waals surface area contributed by atoms with Crippen molar-refractivity contribution >= 4 is 5.91 Å². The minimum Gasteiger partial charge on any atom is -0.368 e. The maximum absolute atomic E-state index is 11.1. The summed E-state index contributed by atoms with van der Waals surface area (Å²) in [7, 11) is 0. The van der Waals surface area contributed by atoms with E-state index in [9.17, 15) is 4.79 Å². The minimum absolute atomic E-state index is 0.180. The van der Waals surface area contributed by atoms with E-state index in [-0.39, 0.29) is 11.9 Å². The normalized spacial score (nSPS) is 22.2. The summed E-state index contributed by atoms with van der Waals surface area (Å²) in [6, 6.07) is 1.94. The number of hydrogen-bond acceptors (Lipinski definition) is 4. The highest BCUT2D eigenvalue weighted by Gasteiger charge is 2.25. The van der Waals surface area contributed by atoms with Gasteiger partial charge < -0.3 is 11.1 Å². The van der Waals surface area contributed by atoms with Crippen LogP contribution in [0.3, 0.4) is 0 Å². The molecule has 0 aromatic rings. The highest BCUT2D eigenvalue weighted by Crippen LogP contribution is 2.05. The number of amides is 1. The quantitative estimate of drug-likeness (QED) is 0.596. The Kier molecular flexibility index (Phi) is 5.08. The molecule has 15 heavy (non-hydrogen) atoms. The number of primary amides is 1. The second kappa shape index (κ2) is 6.38. The number of rotatable bonds is 5. The Balaban J connectivity index is 2.30. The molecule has 5 nitrogen and oxygen atoms in total. The fourth-order valence-corrected chi connectivity index (χ4v) is 1.81. The van der Waals surface area contributed by atoms with Gasteiger partial charge in [0, 0.05) is 26.1 Å². The molecule has 5 heteroatoms. The zero-order valence-corrected chi connectivity index (χ0v) is 8.91. The van der Waals surface area contributed by atoms with E-state index in [0.29, 0.717) is 13.0 Å². The monoisotopic (exact) mass is 210 g/mol. The van der Waals surface area contributed by atoms with Crippen molar-refractivity contribution in [3.05, 3.63) is 0 Å². The molecule has 1 fully saturated rings. The molecule has 1 unspecified atom stereocenters. The zero-order chi connectivity index (χ0) is 11.1. The molecule has 1 atom stereocenters. The largest absolute Gasteiger partial charge is 0.368 e. The predicted molar refractivity (Wildman–Crippen MR) is 56.9 cm³/mol. The van der Waals surface area contributed by atoms with Gasteiger partial charge in [-0.2, -0.15) is 5.26 Å². The van der Waals surface area contributed by atoms with Crippen LogP contribution in [0.4, 0.5) is 0 Å². The highest BCUT2D eigenvalue weighted by molar-refractivity contribution is 5.80. The van der Waals surface area contributed by atoms with Crippen molar-refractivity contribution in [2.75, 3.05) is 26.2 Å². The van der Waals surface area contributed by atoms with Gasteiger partial charge in [0.25, 0.3) is 0 Å². The second-order valence-corrected chi connectivity index (χ2v) is 3.77. The Morgan fingerprint density at radius 2 is 2.40 bits per heavy atom. The fourth-order valence-electron chi connectivity index (χ4n) is 1.81. The number of carbonyl (C=O) groups excluding carboxylic acids is 1. The summed E-state index contributed by atoms with van der Waals surface area (Å²) >= 11 is 0. The van der Waals surface area contributed by atoms with Crippen molar-refractivity contribution in [3.63, 3.8) is 0 Å². The maximum atomic E-state index is 11.1. The first-order chi connectivity index (χ1) is 7.25. The number of nitrogens with one attached hydrogen (secondary N) is 1. The molecule has 1 aliphatic rings. The van der Waals surface area contributed by atoms with Gasteiger partial charge >= 0.3 is 0 Å². The number of nitrogens with two attached hydrogens (primary N) is 1. The molecule has 0 aromatic carbocycles. The van der Waals surface area contributed by atoms with E-state index in [4.69, 9.17) is 11.0 Å². The van der Waals surface area contributed by atoms with Crippen molar-refractivity contribution in [1.82, 2.24) is 10.2 Å². The maximum Gasteiger partial charge on any atom is 0.236 e. The molecule has 0 saturated carbocycles. The Morgan fingerprint density at radius 1 is 1.60 bits per heavy atom. The van der Waals surface area contributed by atoms with E-state index in [0.717, 1.165) is 32.5 Å². The average molecular weight is 210 g/mol. The summed E-state index contributed by atoms with van der Waals surface area (Å²) in [5.41, 5.74) is 5.32. The van der Waals surface area contributed by atoms with Gasteiger partial charge in [-0.3, -0.25) is 9.69 Å². The Bertz CT molecular complexity index is 248. The van der Waals surface area contributed by atoms with Crippen molar-refractivity contribution < 1.29 is 4.79 Å². The number of carbonyl (C=O) groups is 1. The molecule has 3 N–H and O–H groups in total. The van der Waals surface area contributed by atoms with E-state index in [2.05, 4.69) is 16.3 Å². The molecular weight excluding hydrogens is 192 g/mol. The molecule has 0 aromatic heterocycles. The van der Waals surface area contributed by atoms with Gasteiger partial charge in [0.1, 0.15) is 6.04 Å². The summed E-state index contributed by atoms with van der Waals surface area (Å²) < 4.78 is 0. The number of unbranched alkanes of at least 4 members (excludes halogenated alkanes) is 2. The minimum atomic E-state index is -0.262. The van der Waals surface area contributed by atoms with Crippen molar-refractivity contribution in [2.24, 2.45) is 5.73 Å². The van der Waals surface area contributed by atoms with Crippen molar-refractivity contribution in [2.45, 2.75) is 25.3 Å². The van der Waals surface area contributed by atoms with Crippen LogP contribution in [0.2, 0.25) is 0 Å². The third-order valence-electron chi connectivity index (χ3n) is 2.67. The predicted octanol–water partition coefficient (Wildman–Crippen LogP) is -0.561. The van der Waals surface area contributed by atoms with E-state index in [1.54, 1.807) is 0 Å². The van der Waals surface area contributed by atoms with Crippen LogP contribution in [0.25, 0.3) is 0 Å². The van der Waals surface area contributed by atoms with Crippen LogP contribution in [-0.2, 0) is 4.79 Å². The standard InChI is InChI=1S/C10H18N4O/c11-4-2-1-3-6-14-7-5-13-8-9(14)10(12)15/h9,13H,1-3,5-8H2,(H2,12,15). The van der Waals surface area contributed by atoms with E-state index in [1.165, 1.54) is 0 Å². The Morgan fingerprint density at radius 3 is 3.07 bits per heavy atom. The van der Waals surface area contributed by atoms with Crippen LogP contribution < -0.4 is 11.1 Å². The van der Waals surface area contributed by atoms with Crippen LogP contribution in [-0.4, -0.2) is 43.0 Å². The molecular formula is C10H18N4O. The molecule has 1 amide bonds. The topological polar surface area (TPSA) is 82.2 Å². The van der Waals surface area contributed by atoms with Gasteiger partial charge in [0.15, 0.2) is 0 Å². The first kappa shape index (κ1) is 12.0. The molecule has 0 spiro atoms. The van der Waals surface area contributed by atoms with Crippen LogP contribution in [0.15, 0.2) is 0 Å². The molecule has 0 bridgehead atoms. The average Bonchev–Trinajstić information content (AvgIpc) is 2.25. The second-order valence-electron chi connectivity index (χ2n) is 3.77. The first-order valence-electron chi connectivity index (χ1n) is 5.36. The van der Waals surface area contributed by atoms with Crippen LogP contribution >= 0.6 is 0 Å². The van der Waals surface area contributed by atoms with E-state index in [1.807, 2.05) is 0 Å². The Hall–Kier alpha value is -1.12. The van der Waals surface area contributed by atoms with Gasteiger partial charge in [0.05, 0.1) is 6.07 Å². The summed E-state index contributed by atoms with van der Waals surface area (Å²) in [6.45, 7) is 3.27. The lowest BCUT2D eigenvalue weighted by Crippen LogP contribution is -2.56. The number of piperazine rings is 1. The molecule has 0 aliphatic carbocycles. The van der Waals surface area contributed by atoms with Gasteiger partial charge in [-0.15, -0.1) is 0 Å². The summed E-state index contributed by atoms with van der Waals surface area (Å²) in [5.74, 6) is -0.262. The lowest BCUT2D eigenvalue weighted by atomic mass is 10.1. The lowest BCUT2D eigenvalue weighted by molar-refractivity contribution is -0.123. The van der Waals surface area contributed by atoms with Gasteiger partial charge in [-0.25, -0.2) is 0 Å². The molecule has 0 radical (unpaired) electrons. The van der Waals surface area contributed by atoms with Gasteiger partial charge in [-0.05, 0) is 19.4 Å². The summed E-state index contributed by atoms with van der Waals surface area (Å²) in [5, 5.41) is 11.5. The van der Waals surface area contributed by atoms with Crippen molar-refractivity contribution in [1.29, 1.82) is 5.26 Å². The third-order valence-corrected chi connectivity index (χ3v) is 2.67. The smallest absolute Gasteiger partial charge is 0.236 e. The summed E-state index contributed by atoms with van der Waals surface area (Å²) in [6.07, 6.45) is 2.44. The third kappa shape index (κ3) is 3.86. The highest BCUT2D eigenvalue weighted by atomic mass is 16.1. The molecule has 84 valence electrons. The van der Waals surface area contributed by atoms with E-state index >= 15 is 0 Å². The van der Waals surface area contributed by atoms with Crippen LogP contribution in [0.1, 0.15) is 19.3 Å². The SMILES string of the molecule is N#CCCCCN1CCNCC1C(N)=O. The van der Waals surface area contributed by atoms with Gasteiger partial charge in [0.2, 0.25) is 5.91 Å². The molecule has 1 rings (SSSR count). The van der Waals surface area contributed by atoms with Gasteiger partial charge in [-0.1, -0.05) is 0 Å². The van der Waals surface area contributed by atoms with Crippen molar-refractivity contribution in [3.8, 4) is 6.07 Å². The molecule has 1 saturated heterocycles. The van der Waals surface area contributed by atoms with Crippen LogP contribution in [0, 0.1) is 11.3 Å². The van der Waals surface area contributed by atoms with Crippen LogP contribution in [0.5, 0.6) is 0 Å². The lowest BCUT2D eigenvalue weighted by Gasteiger charge is -2.33. The van der Waals surface area contributed by atoms with E-state index < -0.39 is 0 Å². The Labute approximate surface area is 90.2 Å². The first-order valence-corrected chi connectivity index (χ1v) is 5.36. The zero-order valence-electron chi connectivity index (χ0n) is 8.91. The number of hydrogen-bond donors (Lipinski definition) is 2. The number of nitrogens with zero attached hydrogens (tertiary/aromatic N) is 2. The summed E-state index contributed by atoms with van der Waals surface area (Å²) in [4.78, 5) is 13.2. The number of nitriles is 1. The fraction of sp³-hybridized carbons (Fsp3) is 0.800.